The van der Waals surface area contributed by atoms with E-state index in [1.807, 2.05) is 0 Å². The first kappa shape index (κ1) is 18.3. The van der Waals surface area contributed by atoms with Gasteiger partial charge in [-0.3, -0.25) is 14.5 Å². The highest BCUT2D eigenvalue weighted by atomic mass is 32.2. The van der Waals surface area contributed by atoms with E-state index in [0.717, 1.165) is 38.2 Å². The minimum Gasteiger partial charge on any atom is -0.354 e. The molecule has 1 aromatic rings. The third-order valence-corrected chi connectivity index (χ3v) is 6.03. The van der Waals surface area contributed by atoms with E-state index in [2.05, 4.69) is 41.4 Å². The summed E-state index contributed by atoms with van der Waals surface area (Å²) in [6.07, 6.45) is 2.49. The standard InChI is InChI=1S/C19H27N3O2S/c1-2-17(22-9-7-15-5-3-4-6-16(15)14-22)13-20-18(23)8-10-21-11-12-25-19(21)24/h3-6,17H,2,7-14H2,1H3,(H,20,23). The van der Waals surface area contributed by atoms with Gasteiger partial charge in [0.25, 0.3) is 5.24 Å². The molecular weight excluding hydrogens is 334 g/mol. The van der Waals surface area contributed by atoms with Crippen LogP contribution in [-0.2, 0) is 17.8 Å². The Morgan fingerprint density at radius 3 is 2.80 bits per heavy atom. The fourth-order valence-corrected chi connectivity index (χ4v) is 4.40. The summed E-state index contributed by atoms with van der Waals surface area (Å²) in [5.74, 6) is 0.884. The zero-order chi connectivity index (χ0) is 17.6. The second kappa shape index (κ2) is 8.72. The van der Waals surface area contributed by atoms with Crippen LogP contribution in [0.4, 0.5) is 4.79 Å². The second-order valence-corrected chi connectivity index (χ2v) is 7.75. The molecule has 1 unspecified atom stereocenters. The number of hydrogen-bond donors (Lipinski definition) is 1. The van der Waals surface area contributed by atoms with Crippen LogP contribution < -0.4 is 5.32 Å². The minimum absolute atomic E-state index is 0.0422. The van der Waals surface area contributed by atoms with Crippen molar-refractivity contribution < 1.29 is 9.59 Å². The summed E-state index contributed by atoms with van der Waals surface area (Å²) >= 11 is 1.34. The van der Waals surface area contributed by atoms with Crippen LogP contribution in [0.25, 0.3) is 0 Å². The molecule has 0 radical (unpaired) electrons. The topological polar surface area (TPSA) is 52.7 Å². The molecule has 5 nitrogen and oxygen atoms in total. The third kappa shape index (κ3) is 4.76. The monoisotopic (exact) mass is 361 g/mol. The number of thioether (sulfide) groups is 1. The number of amides is 2. The lowest BCUT2D eigenvalue weighted by molar-refractivity contribution is -0.121. The normalized spacial score (nSPS) is 18.9. The van der Waals surface area contributed by atoms with Gasteiger partial charge < -0.3 is 10.2 Å². The van der Waals surface area contributed by atoms with Gasteiger partial charge in [-0.25, -0.2) is 0 Å². The van der Waals surface area contributed by atoms with Gasteiger partial charge in [0.1, 0.15) is 0 Å². The molecule has 1 saturated heterocycles. The highest BCUT2D eigenvalue weighted by Gasteiger charge is 2.24. The summed E-state index contributed by atoms with van der Waals surface area (Å²) in [6.45, 7) is 6.17. The molecule has 2 amide bonds. The zero-order valence-electron chi connectivity index (χ0n) is 14.9. The molecule has 2 aliphatic rings. The Labute approximate surface area is 154 Å². The van der Waals surface area contributed by atoms with Crippen molar-refractivity contribution >= 4 is 22.9 Å². The Hall–Kier alpha value is -1.53. The number of nitrogens with zero attached hydrogens (tertiary/aromatic N) is 2. The van der Waals surface area contributed by atoms with Crippen molar-refractivity contribution in [2.45, 2.75) is 38.8 Å². The maximum Gasteiger partial charge on any atom is 0.281 e. The van der Waals surface area contributed by atoms with Crippen molar-refractivity contribution in [1.82, 2.24) is 15.1 Å². The number of carbonyl (C=O) groups is 2. The second-order valence-electron chi connectivity index (χ2n) is 6.71. The molecule has 2 heterocycles. The molecule has 0 spiro atoms. The Bertz CT molecular complexity index is 622. The fourth-order valence-electron chi connectivity index (χ4n) is 3.55. The lowest BCUT2D eigenvalue weighted by atomic mass is 9.98. The fraction of sp³-hybridized carbons (Fsp3) is 0.579. The van der Waals surface area contributed by atoms with Gasteiger partial charge in [-0.1, -0.05) is 43.0 Å². The van der Waals surface area contributed by atoms with Crippen LogP contribution >= 0.6 is 11.8 Å². The predicted octanol–water partition coefficient (Wildman–Crippen LogP) is 2.50. The summed E-state index contributed by atoms with van der Waals surface area (Å²) < 4.78 is 0. The van der Waals surface area contributed by atoms with Crippen LogP contribution in [0.15, 0.2) is 24.3 Å². The molecule has 1 N–H and O–H groups in total. The molecule has 1 atom stereocenters. The van der Waals surface area contributed by atoms with E-state index >= 15 is 0 Å². The largest absolute Gasteiger partial charge is 0.354 e. The van der Waals surface area contributed by atoms with Gasteiger partial charge in [0, 0.05) is 50.9 Å². The van der Waals surface area contributed by atoms with Crippen molar-refractivity contribution in [3.63, 3.8) is 0 Å². The quantitative estimate of drug-likeness (QED) is 0.811. The highest BCUT2D eigenvalue weighted by molar-refractivity contribution is 8.13. The lowest BCUT2D eigenvalue weighted by Crippen LogP contribution is -2.46. The Kier molecular flexibility index (Phi) is 6.37. The van der Waals surface area contributed by atoms with Gasteiger partial charge in [0.15, 0.2) is 0 Å². The summed E-state index contributed by atoms with van der Waals surface area (Å²) in [7, 11) is 0. The lowest BCUT2D eigenvalue weighted by Gasteiger charge is -2.35. The first-order chi connectivity index (χ1) is 12.2. The van der Waals surface area contributed by atoms with Gasteiger partial charge in [0.05, 0.1) is 0 Å². The SMILES string of the molecule is CCC(CNC(=O)CCN1CCSC1=O)N1CCc2ccccc2C1. The van der Waals surface area contributed by atoms with Crippen molar-refractivity contribution in [1.29, 1.82) is 0 Å². The van der Waals surface area contributed by atoms with Gasteiger partial charge in [-0.2, -0.15) is 0 Å². The number of rotatable bonds is 7. The van der Waals surface area contributed by atoms with Crippen LogP contribution in [0.2, 0.25) is 0 Å². The van der Waals surface area contributed by atoms with E-state index in [4.69, 9.17) is 0 Å². The molecule has 0 aromatic heterocycles. The number of fused-ring (bicyclic) bond motifs is 1. The summed E-state index contributed by atoms with van der Waals surface area (Å²) in [5.41, 5.74) is 2.86. The third-order valence-electron chi connectivity index (χ3n) is 5.14. The van der Waals surface area contributed by atoms with E-state index in [9.17, 15) is 9.59 Å². The Balaban J connectivity index is 1.44. The zero-order valence-corrected chi connectivity index (χ0v) is 15.7. The molecule has 0 aliphatic carbocycles. The van der Waals surface area contributed by atoms with Gasteiger partial charge in [0.2, 0.25) is 5.91 Å². The predicted molar refractivity (Wildman–Crippen MR) is 102 cm³/mol. The van der Waals surface area contributed by atoms with Gasteiger partial charge in [-0.05, 0) is 24.0 Å². The molecule has 25 heavy (non-hydrogen) atoms. The summed E-state index contributed by atoms with van der Waals surface area (Å²) in [6, 6.07) is 8.99. The maximum atomic E-state index is 12.1. The van der Waals surface area contributed by atoms with Crippen molar-refractivity contribution in [2.75, 3.05) is 31.9 Å². The molecule has 1 fully saturated rings. The molecular formula is C19H27N3O2S. The van der Waals surface area contributed by atoms with E-state index in [0.29, 0.717) is 25.6 Å². The minimum atomic E-state index is 0.0422. The average molecular weight is 362 g/mol. The molecule has 136 valence electrons. The molecule has 3 rings (SSSR count). The van der Waals surface area contributed by atoms with Crippen LogP contribution in [0.3, 0.4) is 0 Å². The molecule has 2 aliphatic heterocycles. The number of benzene rings is 1. The number of hydrogen-bond acceptors (Lipinski definition) is 4. The Morgan fingerprint density at radius 1 is 1.28 bits per heavy atom. The molecule has 6 heteroatoms. The molecule has 0 saturated carbocycles. The maximum absolute atomic E-state index is 12.1. The van der Waals surface area contributed by atoms with E-state index < -0.39 is 0 Å². The summed E-state index contributed by atoms with van der Waals surface area (Å²) in [4.78, 5) is 27.9. The van der Waals surface area contributed by atoms with Crippen LogP contribution in [0.1, 0.15) is 30.9 Å². The van der Waals surface area contributed by atoms with Crippen LogP contribution in [-0.4, -0.2) is 58.9 Å². The average Bonchev–Trinajstić information content (AvgIpc) is 3.05. The Morgan fingerprint density at radius 2 is 2.08 bits per heavy atom. The van der Waals surface area contributed by atoms with Crippen molar-refractivity contribution in [3.8, 4) is 0 Å². The highest BCUT2D eigenvalue weighted by Crippen LogP contribution is 2.21. The summed E-state index contributed by atoms with van der Waals surface area (Å²) in [5, 5.41) is 3.17. The van der Waals surface area contributed by atoms with Crippen molar-refractivity contribution in [2.24, 2.45) is 0 Å². The van der Waals surface area contributed by atoms with E-state index in [1.165, 1.54) is 22.9 Å². The smallest absolute Gasteiger partial charge is 0.281 e. The van der Waals surface area contributed by atoms with Crippen molar-refractivity contribution in [3.05, 3.63) is 35.4 Å². The van der Waals surface area contributed by atoms with E-state index in [-0.39, 0.29) is 11.1 Å². The van der Waals surface area contributed by atoms with Gasteiger partial charge in [-0.15, -0.1) is 0 Å². The van der Waals surface area contributed by atoms with Crippen LogP contribution in [0, 0.1) is 0 Å². The first-order valence-electron chi connectivity index (χ1n) is 9.16. The first-order valence-corrected chi connectivity index (χ1v) is 10.1. The van der Waals surface area contributed by atoms with Gasteiger partial charge >= 0.3 is 0 Å². The van der Waals surface area contributed by atoms with E-state index in [1.54, 1.807) is 4.90 Å². The van der Waals surface area contributed by atoms with Crippen LogP contribution in [0.5, 0.6) is 0 Å². The molecule has 1 aromatic carbocycles. The number of nitrogens with one attached hydrogen (secondary N) is 1. The number of carbonyl (C=O) groups excluding carboxylic acids is 2. The molecule has 0 bridgehead atoms.